The van der Waals surface area contributed by atoms with Crippen molar-refractivity contribution in [1.29, 1.82) is 0 Å². The van der Waals surface area contributed by atoms with Gasteiger partial charge in [0, 0.05) is 23.5 Å². The van der Waals surface area contributed by atoms with E-state index in [2.05, 4.69) is 25.5 Å². The Balaban J connectivity index is 1.77. The van der Waals surface area contributed by atoms with E-state index < -0.39 is 0 Å². The Morgan fingerprint density at radius 3 is 2.75 bits per heavy atom. The molecule has 2 N–H and O–H groups in total. The van der Waals surface area contributed by atoms with Crippen LogP contribution in [0.25, 0.3) is 11.4 Å². The topological polar surface area (TPSA) is 92.8 Å². The summed E-state index contributed by atoms with van der Waals surface area (Å²) in [6.07, 6.45) is 4.01. The number of hydrogen-bond acceptors (Lipinski definition) is 5. The summed E-state index contributed by atoms with van der Waals surface area (Å²) in [5.41, 5.74) is 2.30. The summed E-state index contributed by atoms with van der Waals surface area (Å²) in [6.45, 7) is 1.97. The van der Waals surface area contributed by atoms with Crippen molar-refractivity contribution in [3.8, 4) is 17.1 Å². The highest BCUT2D eigenvalue weighted by Crippen LogP contribution is 2.20. The first-order valence-corrected chi connectivity index (χ1v) is 7.52. The lowest BCUT2D eigenvalue weighted by Gasteiger charge is -2.05. The number of aromatic amines is 1. The second-order valence-corrected chi connectivity index (χ2v) is 5.08. The lowest BCUT2D eigenvalue weighted by molar-refractivity contribution is 0.102. The number of anilines is 1. The molecule has 7 nitrogen and oxygen atoms in total. The van der Waals surface area contributed by atoms with Gasteiger partial charge in [-0.3, -0.25) is 20.2 Å². The van der Waals surface area contributed by atoms with Crippen LogP contribution in [0.1, 0.15) is 22.8 Å². The predicted octanol–water partition coefficient (Wildman–Crippen LogP) is 2.69. The van der Waals surface area contributed by atoms with Gasteiger partial charge < -0.3 is 4.74 Å². The second-order valence-electron chi connectivity index (χ2n) is 5.08. The number of carbonyl (C=O) groups is 1. The van der Waals surface area contributed by atoms with Gasteiger partial charge >= 0.3 is 0 Å². The number of nitrogens with one attached hydrogen (secondary N) is 2. The predicted molar refractivity (Wildman–Crippen MR) is 89.9 cm³/mol. The van der Waals surface area contributed by atoms with Crippen LogP contribution >= 0.6 is 0 Å². The van der Waals surface area contributed by atoms with Gasteiger partial charge in [0.1, 0.15) is 5.75 Å². The Bertz CT molecular complexity index is 842. The Morgan fingerprint density at radius 1 is 1.25 bits per heavy atom. The zero-order valence-corrected chi connectivity index (χ0v) is 13.4. The highest BCUT2D eigenvalue weighted by atomic mass is 16.5. The van der Waals surface area contributed by atoms with E-state index in [9.17, 15) is 4.79 Å². The molecule has 3 aromatic rings. The summed E-state index contributed by atoms with van der Waals surface area (Å²) in [5.74, 6) is 1.30. The van der Waals surface area contributed by atoms with E-state index in [0.29, 0.717) is 11.4 Å². The highest BCUT2D eigenvalue weighted by molar-refractivity contribution is 6.04. The molecule has 0 aliphatic carbocycles. The number of rotatable bonds is 5. The first-order valence-electron chi connectivity index (χ1n) is 7.52. The number of H-pyrrole nitrogens is 1. The van der Waals surface area contributed by atoms with Crippen LogP contribution < -0.4 is 10.1 Å². The number of hydrogen-bond donors (Lipinski definition) is 2. The monoisotopic (exact) mass is 323 g/mol. The van der Waals surface area contributed by atoms with E-state index in [1.165, 1.54) is 0 Å². The van der Waals surface area contributed by atoms with Crippen molar-refractivity contribution in [2.24, 2.45) is 0 Å². The largest absolute Gasteiger partial charge is 0.497 e. The molecule has 2 aromatic heterocycles. The molecule has 0 aliphatic heterocycles. The number of aryl methyl sites for hydroxylation is 1. The van der Waals surface area contributed by atoms with Crippen molar-refractivity contribution in [3.63, 3.8) is 0 Å². The summed E-state index contributed by atoms with van der Waals surface area (Å²) >= 11 is 0. The fourth-order valence-electron chi connectivity index (χ4n) is 2.29. The van der Waals surface area contributed by atoms with E-state index in [1.54, 1.807) is 25.6 Å². The Labute approximate surface area is 139 Å². The number of benzene rings is 1. The molecule has 3 rings (SSSR count). The molecule has 0 unspecified atom stereocenters. The molecule has 0 saturated heterocycles. The number of aromatic nitrogens is 4. The maximum atomic E-state index is 12.4. The number of methoxy groups -OCH3 is 1. The molecule has 0 aliphatic rings. The van der Waals surface area contributed by atoms with Crippen molar-refractivity contribution >= 4 is 11.9 Å². The Kier molecular flexibility index (Phi) is 4.51. The van der Waals surface area contributed by atoms with Crippen LogP contribution in [0.5, 0.6) is 5.75 Å². The fourth-order valence-corrected chi connectivity index (χ4v) is 2.29. The maximum Gasteiger partial charge on any atom is 0.258 e. The number of carbonyl (C=O) groups excluding carboxylic acids is 1. The molecule has 0 radical (unpaired) electrons. The molecule has 24 heavy (non-hydrogen) atoms. The Hall–Kier alpha value is -3.22. The fraction of sp³-hybridized carbons (Fsp3) is 0.176. The first-order chi connectivity index (χ1) is 11.7. The quantitative estimate of drug-likeness (QED) is 0.753. The molecule has 1 aromatic carbocycles. The summed E-state index contributed by atoms with van der Waals surface area (Å²) in [6, 6.07) is 9.08. The van der Waals surface area contributed by atoms with Gasteiger partial charge in [-0.15, -0.1) is 5.10 Å². The number of pyridine rings is 1. The molecule has 0 spiro atoms. The van der Waals surface area contributed by atoms with Crippen molar-refractivity contribution in [2.45, 2.75) is 13.3 Å². The SMILES string of the molecule is CCc1cnccc1C(=O)Nc1n[nH]c(-c2ccc(OC)cc2)n1. The van der Waals surface area contributed by atoms with E-state index in [-0.39, 0.29) is 11.9 Å². The van der Waals surface area contributed by atoms with Crippen molar-refractivity contribution < 1.29 is 9.53 Å². The highest BCUT2D eigenvalue weighted by Gasteiger charge is 2.13. The van der Waals surface area contributed by atoms with E-state index in [4.69, 9.17) is 4.74 Å². The summed E-state index contributed by atoms with van der Waals surface area (Å²) < 4.78 is 5.13. The third-order valence-corrected chi connectivity index (χ3v) is 3.60. The van der Waals surface area contributed by atoms with Crippen LogP contribution in [0, 0.1) is 0 Å². The van der Waals surface area contributed by atoms with E-state index >= 15 is 0 Å². The van der Waals surface area contributed by atoms with Gasteiger partial charge in [0.15, 0.2) is 5.82 Å². The number of ether oxygens (including phenoxy) is 1. The van der Waals surface area contributed by atoms with Gasteiger partial charge in [-0.1, -0.05) is 6.92 Å². The molecular weight excluding hydrogens is 306 g/mol. The van der Waals surface area contributed by atoms with Crippen molar-refractivity contribution in [2.75, 3.05) is 12.4 Å². The summed E-state index contributed by atoms with van der Waals surface area (Å²) in [5, 5.41) is 9.56. The van der Waals surface area contributed by atoms with Gasteiger partial charge in [-0.2, -0.15) is 4.98 Å². The smallest absolute Gasteiger partial charge is 0.258 e. The lowest BCUT2D eigenvalue weighted by Crippen LogP contribution is -2.15. The van der Waals surface area contributed by atoms with Gasteiger partial charge in [0.25, 0.3) is 5.91 Å². The van der Waals surface area contributed by atoms with Gasteiger partial charge in [0.2, 0.25) is 5.95 Å². The van der Waals surface area contributed by atoms with Crippen LogP contribution in [0.3, 0.4) is 0 Å². The second kappa shape index (κ2) is 6.91. The zero-order chi connectivity index (χ0) is 16.9. The van der Waals surface area contributed by atoms with Crippen molar-refractivity contribution in [1.82, 2.24) is 20.2 Å². The van der Waals surface area contributed by atoms with Gasteiger partial charge in [-0.05, 0) is 42.3 Å². The van der Waals surface area contributed by atoms with Crippen LogP contribution in [-0.2, 0) is 6.42 Å². The minimum Gasteiger partial charge on any atom is -0.497 e. The molecule has 0 atom stereocenters. The molecule has 0 fully saturated rings. The molecule has 7 heteroatoms. The summed E-state index contributed by atoms with van der Waals surface area (Å²) in [4.78, 5) is 20.7. The molecule has 122 valence electrons. The van der Waals surface area contributed by atoms with Crippen LogP contribution in [-0.4, -0.2) is 33.2 Å². The van der Waals surface area contributed by atoms with Gasteiger partial charge in [0.05, 0.1) is 7.11 Å². The molecule has 0 saturated carbocycles. The van der Waals surface area contributed by atoms with E-state index in [1.807, 2.05) is 31.2 Å². The van der Waals surface area contributed by atoms with Crippen LogP contribution in [0.2, 0.25) is 0 Å². The molecule has 1 amide bonds. The van der Waals surface area contributed by atoms with Crippen LogP contribution in [0.15, 0.2) is 42.7 Å². The first kappa shape index (κ1) is 15.7. The number of amides is 1. The molecular formula is C17H17N5O2. The normalized spacial score (nSPS) is 10.4. The standard InChI is InChI=1S/C17H17N5O2/c1-3-11-10-18-9-8-14(11)16(23)20-17-19-15(21-22-17)12-4-6-13(24-2)7-5-12/h4-10H,3H2,1-2H3,(H2,19,20,21,22,23). The van der Waals surface area contributed by atoms with E-state index in [0.717, 1.165) is 23.3 Å². The average molecular weight is 323 g/mol. The third kappa shape index (κ3) is 3.24. The minimum atomic E-state index is -0.255. The maximum absolute atomic E-state index is 12.4. The minimum absolute atomic E-state index is 0.227. The average Bonchev–Trinajstić information content (AvgIpc) is 3.10. The van der Waals surface area contributed by atoms with Crippen molar-refractivity contribution in [3.05, 3.63) is 53.9 Å². The molecule has 0 bridgehead atoms. The number of nitrogens with zero attached hydrogens (tertiary/aromatic N) is 3. The molecule has 2 heterocycles. The van der Waals surface area contributed by atoms with Crippen LogP contribution in [0.4, 0.5) is 5.95 Å². The zero-order valence-electron chi connectivity index (χ0n) is 13.4. The third-order valence-electron chi connectivity index (χ3n) is 3.60. The summed E-state index contributed by atoms with van der Waals surface area (Å²) in [7, 11) is 1.61. The van der Waals surface area contributed by atoms with Gasteiger partial charge in [-0.25, -0.2) is 0 Å². The lowest BCUT2D eigenvalue weighted by atomic mass is 10.1. The Morgan fingerprint density at radius 2 is 2.04 bits per heavy atom.